The van der Waals surface area contributed by atoms with E-state index in [-0.39, 0.29) is 6.42 Å². The van der Waals surface area contributed by atoms with Gasteiger partial charge in [-0.05, 0) is 57.8 Å². The molecule has 0 radical (unpaired) electrons. The minimum absolute atomic E-state index is 0.233. The molecule has 0 bridgehead atoms. The smallest absolute Gasteiger partial charge is 0.394 e. The van der Waals surface area contributed by atoms with E-state index in [4.69, 9.17) is 14.0 Å². The summed E-state index contributed by atoms with van der Waals surface area (Å²) in [6.07, 6.45) is 39.6. The maximum absolute atomic E-state index is 13.1. The van der Waals surface area contributed by atoms with E-state index >= 15 is 0 Å². The third-order valence-electron chi connectivity index (χ3n) is 11.9. The third-order valence-corrected chi connectivity index (χ3v) is 12.4. The van der Waals surface area contributed by atoms with Crippen LogP contribution in [0.3, 0.4) is 0 Å². The molecular formula is C51H93NO12S. The van der Waals surface area contributed by atoms with Crippen molar-refractivity contribution in [2.45, 2.75) is 255 Å². The lowest BCUT2D eigenvalue weighted by Crippen LogP contribution is -2.61. The average Bonchev–Trinajstić information content (AvgIpc) is 3.28. The molecule has 1 rings (SSSR count). The number of nitrogens with one attached hydrogen (secondary N) is 1. The predicted molar refractivity (Wildman–Crippen MR) is 260 cm³/mol. The van der Waals surface area contributed by atoms with Crippen molar-refractivity contribution in [3.63, 3.8) is 0 Å². The fourth-order valence-electron chi connectivity index (χ4n) is 7.85. The minimum Gasteiger partial charge on any atom is -0.394 e. The van der Waals surface area contributed by atoms with Crippen molar-refractivity contribution in [1.29, 1.82) is 0 Å². The summed E-state index contributed by atoms with van der Waals surface area (Å²) in [5.74, 6) is -0.717. The van der Waals surface area contributed by atoms with Crippen LogP contribution in [0, 0.1) is 0 Å². The van der Waals surface area contributed by atoms with E-state index in [1.54, 1.807) is 6.08 Å². The molecule has 1 amide bonds. The Labute approximate surface area is 394 Å². The molecule has 380 valence electrons. The second kappa shape index (κ2) is 41.0. The normalized spacial score (nSPS) is 21.0. The van der Waals surface area contributed by atoms with E-state index in [0.29, 0.717) is 12.8 Å². The quantitative estimate of drug-likeness (QED) is 0.0173. The van der Waals surface area contributed by atoms with Crippen LogP contribution in [0.1, 0.15) is 206 Å². The lowest BCUT2D eigenvalue weighted by Gasteiger charge is -2.41. The van der Waals surface area contributed by atoms with E-state index in [1.807, 2.05) is 0 Å². The number of aliphatic hydroxyl groups excluding tert-OH is 5. The number of aliphatic hydroxyl groups is 5. The third kappa shape index (κ3) is 33.2. The molecule has 0 saturated carbocycles. The Kier molecular flexibility index (Phi) is 38.5. The van der Waals surface area contributed by atoms with Gasteiger partial charge >= 0.3 is 10.4 Å². The van der Waals surface area contributed by atoms with Crippen molar-refractivity contribution < 1.29 is 57.0 Å². The molecule has 1 aliphatic rings. The van der Waals surface area contributed by atoms with Gasteiger partial charge in [-0.25, -0.2) is 4.18 Å². The van der Waals surface area contributed by atoms with Crippen molar-refractivity contribution in [2.24, 2.45) is 0 Å². The highest BCUT2D eigenvalue weighted by Crippen LogP contribution is 2.26. The highest BCUT2D eigenvalue weighted by molar-refractivity contribution is 7.80. The van der Waals surface area contributed by atoms with Crippen LogP contribution < -0.4 is 5.32 Å². The Bertz CT molecular complexity index is 1360. The van der Waals surface area contributed by atoms with Crippen LogP contribution in [0.2, 0.25) is 0 Å². The van der Waals surface area contributed by atoms with Gasteiger partial charge in [-0.2, -0.15) is 8.42 Å². The molecule has 65 heavy (non-hydrogen) atoms. The molecule has 0 spiro atoms. The zero-order valence-corrected chi connectivity index (χ0v) is 41.2. The molecule has 7 N–H and O–H groups in total. The molecule has 0 aromatic heterocycles. The largest absolute Gasteiger partial charge is 0.397 e. The fourth-order valence-corrected chi connectivity index (χ4v) is 8.35. The van der Waals surface area contributed by atoms with Crippen molar-refractivity contribution in [2.75, 3.05) is 13.2 Å². The maximum atomic E-state index is 13.1. The number of allylic oxidation sites excluding steroid dienone is 7. The van der Waals surface area contributed by atoms with Crippen molar-refractivity contribution in [3.05, 3.63) is 48.6 Å². The predicted octanol–water partition coefficient (Wildman–Crippen LogP) is 9.80. The van der Waals surface area contributed by atoms with Crippen LogP contribution in [0.15, 0.2) is 48.6 Å². The number of carbonyl (C=O) groups is 1. The molecule has 1 heterocycles. The van der Waals surface area contributed by atoms with Gasteiger partial charge in [0, 0.05) is 0 Å². The molecule has 8 unspecified atom stereocenters. The summed E-state index contributed by atoms with van der Waals surface area (Å²) < 4.78 is 47.4. The van der Waals surface area contributed by atoms with E-state index < -0.39 is 78.5 Å². The summed E-state index contributed by atoms with van der Waals surface area (Å²) in [6.45, 7) is 3.11. The Morgan fingerprint density at radius 1 is 0.631 bits per heavy atom. The molecule has 14 heteroatoms. The van der Waals surface area contributed by atoms with Crippen LogP contribution in [0.25, 0.3) is 0 Å². The number of carbonyl (C=O) groups excluding carboxylic acids is 1. The summed E-state index contributed by atoms with van der Waals surface area (Å²) in [5.41, 5.74) is 0. The van der Waals surface area contributed by atoms with Crippen molar-refractivity contribution in [1.82, 2.24) is 5.32 Å². The summed E-state index contributed by atoms with van der Waals surface area (Å²) in [7, 11) is -5.12. The van der Waals surface area contributed by atoms with Gasteiger partial charge in [0.05, 0.1) is 25.4 Å². The molecule has 0 aromatic rings. The molecule has 8 atom stereocenters. The van der Waals surface area contributed by atoms with Gasteiger partial charge in [-0.3, -0.25) is 9.35 Å². The fraction of sp³-hybridized carbons (Fsp3) is 0.824. The Morgan fingerprint density at radius 2 is 1.09 bits per heavy atom. The molecule has 0 aromatic carbocycles. The second-order valence-electron chi connectivity index (χ2n) is 17.9. The zero-order chi connectivity index (χ0) is 47.8. The summed E-state index contributed by atoms with van der Waals surface area (Å²) in [5, 5.41) is 55.0. The van der Waals surface area contributed by atoms with Gasteiger partial charge in [0.2, 0.25) is 5.91 Å². The summed E-state index contributed by atoms with van der Waals surface area (Å²) in [4.78, 5) is 13.1. The number of unbranched alkanes of at least 4 members (excludes halogenated alkanes) is 24. The van der Waals surface area contributed by atoms with E-state index in [9.17, 15) is 38.7 Å². The summed E-state index contributed by atoms with van der Waals surface area (Å²) in [6, 6.07) is -1.14. The number of ether oxygens (including phenoxy) is 2. The minimum atomic E-state index is -5.12. The second-order valence-corrected chi connectivity index (χ2v) is 18.9. The Balaban J connectivity index is 2.32. The number of amides is 1. The molecule has 0 aliphatic carbocycles. The van der Waals surface area contributed by atoms with Crippen LogP contribution in [-0.2, 0) is 28.9 Å². The topological polar surface area (TPSA) is 212 Å². The first-order chi connectivity index (χ1) is 31.4. The van der Waals surface area contributed by atoms with Gasteiger partial charge in [0.15, 0.2) is 6.29 Å². The van der Waals surface area contributed by atoms with E-state index in [1.165, 1.54) is 128 Å². The van der Waals surface area contributed by atoms with Gasteiger partial charge < -0.3 is 40.3 Å². The monoisotopic (exact) mass is 944 g/mol. The van der Waals surface area contributed by atoms with Gasteiger partial charge in [-0.15, -0.1) is 0 Å². The average molecular weight is 944 g/mol. The standard InChI is InChI=1S/C51H93NO12S/c1-3-5-7-9-11-13-14-15-16-17-18-19-20-21-22-23-24-25-26-27-28-29-30-31-32-34-36-38-40-45(55)50(58)52-43(44(54)39-37-35-33-12-10-8-6-4-2)42-62-51-48(57)49(64-65(59,60)61)47(56)46(41-53)63-51/h10,12,18-19,21-22,37,39,43-49,51,53-57H,3-9,11,13-17,20,23-36,38,40-42H2,1-2H3,(H,52,58)(H,59,60,61)/b12-10+,19-18-,22-21-,39-37+. The molecule has 13 nitrogen and oxygen atoms in total. The Morgan fingerprint density at radius 3 is 1.62 bits per heavy atom. The Hall–Kier alpha value is -1.98. The van der Waals surface area contributed by atoms with Crippen molar-refractivity contribution in [3.8, 4) is 0 Å². The van der Waals surface area contributed by atoms with E-state index in [2.05, 4.69) is 59.8 Å². The van der Waals surface area contributed by atoms with Gasteiger partial charge in [0.25, 0.3) is 0 Å². The molecule has 1 saturated heterocycles. The first-order valence-corrected chi connectivity index (χ1v) is 27.0. The SMILES string of the molecule is CCCC/C=C/CC/C=C/C(O)C(COC1OC(CO)C(O)C(OS(=O)(=O)O)C1O)NC(=O)C(O)CCCCCCCCCCCCCC/C=C\C/C=C\CCCCCCCCCCC. The lowest BCUT2D eigenvalue weighted by atomic mass is 9.99. The number of rotatable bonds is 43. The van der Waals surface area contributed by atoms with Crippen molar-refractivity contribution >= 4 is 16.3 Å². The van der Waals surface area contributed by atoms with E-state index in [0.717, 1.165) is 51.4 Å². The van der Waals surface area contributed by atoms with Crippen LogP contribution >= 0.6 is 0 Å². The highest BCUT2D eigenvalue weighted by Gasteiger charge is 2.48. The maximum Gasteiger partial charge on any atom is 0.397 e. The number of hydrogen-bond acceptors (Lipinski definition) is 11. The van der Waals surface area contributed by atoms with Gasteiger partial charge in [0.1, 0.15) is 30.5 Å². The molecule has 1 fully saturated rings. The highest BCUT2D eigenvalue weighted by atomic mass is 32.3. The first-order valence-electron chi connectivity index (χ1n) is 25.6. The first kappa shape index (κ1) is 61.0. The molecular weight excluding hydrogens is 851 g/mol. The summed E-state index contributed by atoms with van der Waals surface area (Å²) >= 11 is 0. The van der Waals surface area contributed by atoms with Crippen LogP contribution in [-0.4, -0.2) is 107 Å². The molecule has 1 aliphatic heterocycles. The number of hydrogen-bond donors (Lipinski definition) is 7. The lowest BCUT2D eigenvalue weighted by molar-refractivity contribution is -0.298. The van der Waals surface area contributed by atoms with Gasteiger partial charge in [-0.1, -0.05) is 197 Å². The zero-order valence-electron chi connectivity index (χ0n) is 40.4. The van der Waals surface area contributed by atoms with Crippen LogP contribution in [0.4, 0.5) is 0 Å². The van der Waals surface area contributed by atoms with Crippen LogP contribution in [0.5, 0.6) is 0 Å².